The van der Waals surface area contributed by atoms with Crippen molar-refractivity contribution in [2.45, 2.75) is 13.8 Å². The number of halogens is 1. The minimum atomic E-state index is -0.0540. The molecule has 1 heterocycles. The SMILES string of the molecule is Cc1cc(Cl)cc(C)c1Oc1cnccc1C(=N)N. The number of benzene rings is 1. The average molecular weight is 276 g/mol. The van der Waals surface area contributed by atoms with E-state index in [1.807, 2.05) is 26.0 Å². The Morgan fingerprint density at radius 1 is 1.32 bits per heavy atom. The molecule has 0 radical (unpaired) electrons. The predicted molar refractivity (Wildman–Crippen MR) is 76.3 cm³/mol. The summed E-state index contributed by atoms with van der Waals surface area (Å²) >= 11 is 5.98. The van der Waals surface area contributed by atoms with Gasteiger partial charge in [0.05, 0.1) is 11.8 Å². The van der Waals surface area contributed by atoms with Gasteiger partial charge in [-0.3, -0.25) is 10.4 Å². The van der Waals surface area contributed by atoms with Crippen molar-refractivity contribution in [3.63, 3.8) is 0 Å². The molecule has 2 rings (SSSR count). The molecule has 0 fully saturated rings. The Hall–Kier alpha value is -2.07. The number of nitrogens with zero attached hydrogens (tertiary/aromatic N) is 1. The molecule has 2 aromatic rings. The van der Waals surface area contributed by atoms with Gasteiger partial charge in [0.1, 0.15) is 11.6 Å². The van der Waals surface area contributed by atoms with Crippen LogP contribution in [0.3, 0.4) is 0 Å². The number of aryl methyl sites for hydroxylation is 2. The molecule has 0 amide bonds. The van der Waals surface area contributed by atoms with Crippen molar-refractivity contribution in [3.05, 3.63) is 52.3 Å². The summed E-state index contributed by atoms with van der Waals surface area (Å²) in [6, 6.07) is 5.31. The summed E-state index contributed by atoms with van der Waals surface area (Å²) in [6.45, 7) is 3.83. The largest absolute Gasteiger partial charge is 0.454 e. The molecule has 0 saturated heterocycles. The quantitative estimate of drug-likeness (QED) is 0.666. The predicted octanol–water partition coefficient (Wildman–Crippen LogP) is 3.43. The monoisotopic (exact) mass is 275 g/mol. The van der Waals surface area contributed by atoms with Crippen LogP contribution >= 0.6 is 11.6 Å². The van der Waals surface area contributed by atoms with E-state index in [0.29, 0.717) is 22.1 Å². The minimum absolute atomic E-state index is 0.0540. The molecule has 0 aliphatic rings. The van der Waals surface area contributed by atoms with Gasteiger partial charge in [-0.25, -0.2) is 0 Å². The topological polar surface area (TPSA) is 72.0 Å². The number of ether oxygens (including phenoxy) is 1. The van der Waals surface area contributed by atoms with Crippen LogP contribution in [0.5, 0.6) is 11.5 Å². The fourth-order valence-electron chi connectivity index (χ4n) is 1.85. The first-order chi connectivity index (χ1) is 8.99. The Bertz CT molecular complexity index is 617. The maximum Gasteiger partial charge on any atom is 0.156 e. The van der Waals surface area contributed by atoms with E-state index in [1.54, 1.807) is 18.5 Å². The van der Waals surface area contributed by atoms with Crippen LogP contribution in [-0.4, -0.2) is 10.8 Å². The fourth-order valence-corrected chi connectivity index (χ4v) is 2.18. The normalized spacial score (nSPS) is 10.3. The minimum Gasteiger partial charge on any atom is -0.454 e. The highest BCUT2D eigenvalue weighted by molar-refractivity contribution is 6.30. The molecule has 0 unspecified atom stereocenters. The van der Waals surface area contributed by atoms with Gasteiger partial charge in [0, 0.05) is 11.2 Å². The van der Waals surface area contributed by atoms with Crippen LogP contribution in [0, 0.1) is 19.3 Å². The highest BCUT2D eigenvalue weighted by atomic mass is 35.5. The summed E-state index contributed by atoms with van der Waals surface area (Å²) in [5, 5.41) is 8.20. The fraction of sp³-hybridized carbons (Fsp3) is 0.143. The molecule has 1 aromatic carbocycles. The van der Waals surface area contributed by atoms with E-state index in [1.165, 1.54) is 0 Å². The number of amidine groups is 1. The highest BCUT2D eigenvalue weighted by Crippen LogP contribution is 2.32. The maximum absolute atomic E-state index is 7.53. The lowest BCUT2D eigenvalue weighted by Crippen LogP contribution is -2.12. The van der Waals surface area contributed by atoms with Gasteiger partial charge in [0.25, 0.3) is 0 Å². The molecule has 19 heavy (non-hydrogen) atoms. The van der Waals surface area contributed by atoms with E-state index in [-0.39, 0.29) is 5.84 Å². The van der Waals surface area contributed by atoms with Crippen molar-refractivity contribution in [2.75, 3.05) is 0 Å². The Labute approximate surface area is 116 Å². The third kappa shape index (κ3) is 2.85. The number of rotatable bonds is 3. The lowest BCUT2D eigenvalue weighted by Gasteiger charge is -2.14. The second-order valence-corrected chi connectivity index (χ2v) is 4.69. The van der Waals surface area contributed by atoms with Crippen molar-refractivity contribution in [1.29, 1.82) is 5.41 Å². The van der Waals surface area contributed by atoms with Crippen molar-refractivity contribution in [3.8, 4) is 11.5 Å². The van der Waals surface area contributed by atoms with Crippen LogP contribution < -0.4 is 10.5 Å². The Kier molecular flexibility index (Phi) is 3.71. The highest BCUT2D eigenvalue weighted by Gasteiger charge is 2.11. The maximum atomic E-state index is 7.53. The van der Waals surface area contributed by atoms with E-state index >= 15 is 0 Å². The smallest absolute Gasteiger partial charge is 0.156 e. The Morgan fingerprint density at radius 3 is 2.53 bits per heavy atom. The second-order valence-electron chi connectivity index (χ2n) is 4.26. The van der Waals surface area contributed by atoms with Gasteiger partial charge in [-0.15, -0.1) is 0 Å². The third-order valence-electron chi connectivity index (χ3n) is 2.71. The first kappa shape index (κ1) is 13.4. The number of aromatic nitrogens is 1. The standard InChI is InChI=1S/C14H14ClN3O/c1-8-5-10(15)6-9(2)13(8)19-12-7-18-4-3-11(12)14(16)17/h3-7H,1-2H3,(H3,16,17). The molecule has 0 saturated carbocycles. The van der Waals surface area contributed by atoms with Crippen LogP contribution in [0.4, 0.5) is 0 Å². The van der Waals surface area contributed by atoms with Crippen LogP contribution in [0.15, 0.2) is 30.6 Å². The molecule has 0 atom stereocenters. The summed E-state index contributed by atoms with van der Waals surface area (Å²) in [5.74, 6) is 1.12. The number of nitrogen functional groups attached to an aromatic ring is 1. The summed E-state index contributed by atoms with van der Waals surface area (Å²) in [5.41, 5.74) is 7.88. The Balaban J connectivity index is 2.45. The van der Waals surface area contributed by atoms with Gasteiger partial charge in [-0.2, -0.15) is 0 Å². The molecule has 4 nitrogen and oxygen atoms in total. The van der Waals surface area contributed by atoms with Crippen LogP contribution in [0.1, 0.15) is 16.7 Å². The lowest BCUT2D eigenvalue weighted by atomic mass is 10.1. The summed E-state index contributed by atoms with van der Waals surface area (Å²) in [4.78, 5) is 4.00. The van der Waals surface area contributed by atoms with E-state index in [2.05, 4.69) is 4.98 Å². The van der Waals surface area contributed by atoms with Crippen LogP contribution in [0.25, 0.3) is 0 Å². The molecule has 98 valence electrons. The van der Waals surface area contributed by atoms with Gasteiger partial charge in [0.15, 0.2) is 5.75 Å². The van der Waals surface area contributed by atoms with Crippen molar-refractivity contribution >= 4 is 17.4 Å². The number of nitrogens with two attached hydrogens (primary N) is 1. The molecule has 1 aromatic heterocycles. The molecular formula is C14H14ClN3O. The first-order valence-corrected chi connectivity index (χ1v) is 6.10. The van der Waals surface area contributed by atoms with Crippen molar-refractivity contribution in [1.82, 2.24) is 4.98 Å². The zero-order chi connectivity index (χ0) is 14.0. The molecule has 3 N–H and O–H groups in total. The molecule has 5 heteroatoms. The molecule has 0 aliphatic carbocycles. The molecule has 0 bridgehead atoms. The first-order valence-electron chi connectivity index (χ1n) is 5.72. The number of hydrogen-bond acceptors (Lipinski definition) is 3. The number of nitrogens with one attached hydrogen (secondary N) is 1. The van der Waals surface area contributed by atoms with Gasteiger partial charge in [0.2, 0.25) is 0 Å². The van der Waals surface area contributed by atoms with E-state index in [9.17, 15) is 0 Å². The number of pyridine rings is 1. The van der Waals surface area contributed by atoms with E-state index in [4.69, 9.17) is 27.5 Å². The summed E-state index contributed by atoms with van der Waals surface area (Å²) in [6.07, 6.45) is 3.12. The van der Waals surface area contributed by atoms with Crippen LogP contribution in [0.2, 0.25) is 5.02 Å². The molecular weight excluding hydrogens is 262 g/mol. The molecule has 0 aliphatic heterocycles. The van der Waals surface area contributed by atoms with Gasteiger partial charge >= 0.3 is 0 Å². The van der Waals surface area contributed by atoms with Crippen molar-refractivity contribution < 1.29 is 4.74 Å². The van der Waals surface area contributed by atoms with Crippen LogP contribution in [-0.2, 0) is 0 Å². The zero-order valence-electron chi connectivity index (χ0n) is 10.7. The molecule has 0 spiro atoms. The van der Waals surface area contributed by atoms with Crippen molar-refractivity contribution in [2.24, 2.45) is 5.73 Å². The Morgan fingerprint density at radius 2 is 1.95 bits per heavy atom. The van der Waals surface area contributed by atoms with Gasteiger partial charge in [-0.1, -0.05) is 11.6 Å². The number of hydrogen-bond donors (Lipinski definition) is 2. The van der Waals surface area contributed by atoms with Gasteiger partial charge in [-0.05, 0) is 43.2 Å². The summed E-state index contributed by atoms with van der Waals surface area (Å²) < 4.78 is 5.85. The van der Waals surface area contributed by atoms with E-state index < -0.39 is 0 Å². The average Bonchev–Trinajstić information content (AvgIpc) is 2.34. The van der Waals surface area contributed by atoms with Gasteiger partial charge < -0.3 is 10.5 Å². The van der Waals surface area contributed by atoms with E-state index in [0.717, 1.165) is 11.1 Å². The zero-order valence-corrected chi connectivity index (χ0v) is 11.5. The lowest BCUT2D eigenvalue weighted by molar-refractivity contribution is 0.471. The third-order valence-corrected chi connectivity index (χ3v) is 2.93. The summed E-state index contributed by atoms with van der Waals surface area (Å²) in [7, 11) is 0. The second kappa shape index (κ2) is 5.28.